The fourth-order valence-corrected chi connectivity index (χ4v) is 1.48. The van der Waals surface area contributed by atoms with Crippen molar-refractivity contribution in [3.05, 3.63) is 22.4 Å². The van der Waals surface area contributed by atoms with Gasteiger partial charge in [-0.25, -0.2) is 0 Å². The Morgan fingerprint density at radius 3 is 2.55 bits per heavy atom. The molecule has 1 nitrogen and oxygen atoms in total. The minimum absolute atomic E-state index is 0.372. The van der Waals surface area contributed by atoms with Crippen LogP contribution in [0.4, 0.5) is 0 Å². The fourth-order valence-electron chi connectivity index (χ4n) is 1.28. The van der Waals surface area contributed by atoms with Crippen LogP contribution < -0.4 is 0 Å². The summed E-state index contributed by atoms with van der Waals surface area (Å²) in [6.07, 6.45) is 3.43. The van der Waals surface area contributed by atoms with Crippen molar-refractivity contribution in [2.45, 2.75) is 26.7 Å². The van der Waals surface area contributed by atoms with Gasteiger partial charge in [0.1, 0.15) is 5.76 Å². The maximum Gasteiger partial charge on any atom is 0.116 e. The number of hydrogen-bond donors (Lipinski definition) is 1. The SMILES string of the molecule is CC(C)C1=C(O)C=C(Cl)CC1. The van der Waals surface area contributed by atoms with E-state index in [0.29, 0.717) is 11.7 Å². The van der Waals surface area contributed by atoms with Crippen molar-refractivity contribution in [2.75, 3.05) is 0 Å². The van der Waals surface area contributed by atoms with Crippen LogP contribution in [0.2, 0.25) is 0 Å². The first-order chi connectivity index (χ1) is 5.11. The standard InChI is InChI=1S/C9H13ClO/c1-6(2)8-4-3-7(10)5-9(8)11/h5-6,11H,3-4H2,1-2H3. The average molecular weight is 173 g/mol. The molecule has 0 aromatic carbocycles. The Morgan fingerprint density at radius 1 is 1.45 bits per heavy atom. The van der Waals surface area contributed by atoms with Gasteiger partial charge in [0.05, 0.1) is 0 Å². The summed E-state index contributed by atoms with van der Waals surface area (Å²) >= 11 is 5.75. The normalized spacial score (nSPS) is 19.1. The molecule has 0 radical (unpaired) electrons. The summed E-state index contributed by atoms with van der Waals surface area (Å²) in [5.74, 6) is 0.798. The van der Waals surface area contributed by atoms with Crippen LogP contribution in [0.5, 0.6) is 0 Å². The summed E-state index contributed by atoms with van der Waals surface area (Å²) in [6.45, 7) is 4.16. The molecule has 1 rings (SSSR count). The third kappa shape index (κ3) is 2.00. The molecule has 1 aliphatic rings. The van der Waals surface area contributed by atoms with Crippen molar-refractivity contribution in [2.24, 2.45) is 5.92 Å². The Balaban J connectivity index is 2.86. The highest BCUT2D eigenvalue weighted by molar-refractivity contribution is 6.29. The highest BCUT2D eigenvalue weighted by atomic mass is 35.5. The molecule has 11 heavy (non-hydrogen) atoms. The van der Waals surface area contributed by atoms with Gasteiger partial charge in [-0.05, 0) is 30.4 Å². The Labute approximate surface area is 72.4 Å². The van der Waals surface area contributed by atoms with E-state index >= 15 is 0 Å². The molecule has 0 amide bonds. The van der Waals surface area contributed by atoms with E-state index in [9.17, 15) is 5.11 Å². The molecule has 0 heterocycles. The Hall–Kier alpha value is -0.430. The molecule has 0 aliphatic heterocycles. The molecule has 0 fully saturated rings. The van der Waals surface area contributed by atoms with E-state index in [2.05, 4.69) is 13.8 Å². The van der Waals surface area contributed by atoms with Gasteiger partial charge in [0.25, 0.3) is 0 Å². The zero-order valence-electron chi connectivity index (χ0n) is 6.89. The lowest BCUT2D eigenvalue weighted by atomic mass is 9.94. The van der Waals surface area contributed by atoms with E-state index in [-0.39, 0.29) is 0 Å². The van der Waals surface area contributed by atoms with Crippen LogP contribution in [0.25, 0.3) is 0 Å². The molecule has 62 valence electrons. The van der Waals surface area contributed by atoms with Crippen LogP contribution in [-0.2, 0) is 0 Å². The molecule has 0 aromatic heterocycles. The maximum absolute atomic E-state index is 9.43. The molecule has 0 aromatic rings. The van der Waals surface area contributed by atoms with E-state index in [0.717, 1.165) is 23.4 Å². The molecule has 1 N–H and O–H groups in total. The summed E-state index contributed by atoms with van der Waals surface area (Å²) in [4.78, 5) is 0. The van der Waals surface area contributed by atoms with Gasteiger partial charge >= 0.3 is 0 Å². The van der Waals surface area contributed by atoms with Crippen LogP contribution in [0.1, 0.15) is 26.7 Å². The second-order valence-electron chi connectivity index (χ2n) is 3.16. The minimum Gasteiger partial charge on any atom is -0.508 e. The highest BCUT2D eigenvalue weighted by Crippen LogP contribution is 2.29. The Kier molecular flexibility index (Phi) is 2.61. The smallest absolute Gasteiger partial charge is 0.116 e. The van der Waals surface area contributed by atoms with Crippen molar-refractivity contribution in [1.82, 2.24) is 0 Å². The monoisotopic (exact) mass is 172 g/mol. The predicted octanol–water partition coefficient (Wildman–Crippen LogP) is 3.37. The van der Waals surface area contributed by atoms with Gasteiger partial charge in [0, 0.05) is 5.03 Å². The van der Waals surface area contributed by atoms with Gasteiger partial charge in [0.2, 0.25) is 0 Å². The summed E-state index contributed by atoms with van der Waals surface area (Å²) in [7, 11) is 0. The van der Waals surface area contributed by atoms with Gasteiger partial charge in [-0.3, -0.25) is 0 Å². The molecule has 0 bridgehead atoms. The van der Waals surface area contributed by atoms with Crippen molar-refractivity contribution < 1.29 is 5.11 Å². The first kappa shape index (κ1) is 8.66. The van der Waals surface area contributed by atoms with Crippen molar-refractivity contribution >= 4 is 11.6 Å². The minimum atomic E-state index is 0.372. The predicted molar refractivity (Wildman–Crippen MR) is 47.7 cm³/mol. The molecule has 1 aliphatic carbocycles. The lowest BCUT2D eigenvalue weighted by Gasteiger charge is -2.16. The van der Waals surface area contributed by atoms with Gasteiger partial charge in [-0.2, -0.15) is 0 Å². The first-order valence-electron chi connectivity index (χ1n) is 3.89. The average Bonchev–Trinajstić information content (AvgIpc) is 1.85. The van der Waals surface area contributed by atoms with Crippen molar-refractivity contribution in [1.29, 1.82) is 0 Å². The van der Waals surface area contributed by atoms with E-state index in [1.807, 2.05) is 0 Å². The van der Waals surface area contributed by atoms with Crippen LogP contribution in [0, 0.1) is 5.92 Å². The third-order valence-electron chi connectivity index (χ3n) is 1.95. The van der Waals surface area contributed by atoms with Crippen LogP contribution in [-0.4, -0.2) is 5.11 Å². The molecule has 0 spiro atoms. The van der Waals surface area contributed by atoms with Crippen LogP contribution in [0.3, 0.4) is 0 Å². The number of allylic oxidation sites excluding steroid dienone is 3. The third-order valence-corrected chi connectivity index (χ3v) is 2.25. The summed E-state index contributed by atoms with van der Waals surface area (Å²) < 4.78 is 0. The summed E-state index contributed by atoms with van der Waals surface area (Å²) in [5.41, 5.74) is 1.12. The molecule has 0 saturated heterocycles. The maximum atomic E-state index is 9.43. The lowest BCUT2D eigenvalue weighted by Crippen LogP contribution is -2.02. The first-order valence-corrected chi connectivity index (χ1v) is 4.27. The Morgan fingerprint density at radius 2 is 2.09 bits per heavy atom. The van der Waals surface area contributed by atoms with E-state index in [1.165, 1.54) is 0 Å². The zero-order valence-corrected chi connectivity index (χ0v) is 7.65. The van der Waals surface area contributed by atoms with E-state index in [4.69, 9.17) is 11.6 Å². The fraction of sp³-hybridized carbons (Fsp3) is 0.556. The summed E-state index contributed by atoms with van der Waals surface area (Å²) in [6, 6.07) is 0. The second kappa shape index (κ2) is 3.31. The van der Waals surface area contributed by atoms with Crippen LogP contribution >= 0.6 is 11.6 Å². The number of aliphatic hydroxyl groups is 1. The van der Waals surface area contributed by atoms with Crippen molar-refractivity contribution in [3.8, 4) is 0 Å². The van der Waals surface area contributed by atoms with Gasteiger partial charge in [0.15, 0.2) is 0 Å². The summed E-state index contributed by atoms with van der Waals surface area (Å²) in [5, 5.41) is 10.2. The van der Waals surface area contributed by atoms with Crippen molar-refractivity contribution in [3.63, 3.8) is 0 Å². The van der Waals surface area contributed by atoms with E-state index in [1.54, 1.807) is 6.08 Å². The molecule has 0 saturated carbocycles. The quantitative estimate of drug-likeness (QED) is 0.643. The van der Waals surface area contributed by atoms with Gasteiger partial charge in [-0.1, -0.05) is 25.4 Å². The lowest BCUT2D eigenvalue weighted by molar-refractivity contribution is 0.408. The molecular formula is C9H13ClO. The van der Waals surface area contributed by atoms with Crippen LogP contribution in [0.15, 0.2) is 22.4 Å². The van der Waals surface area contributed by atoms with E-state index < -0.39 is 0 Å². The molecular weight excluding hydrogens is 160 g/mol. The highest BCUT2D eigenvalue weighted by Gasteiger charge is 2.13. The molecule has 2 heteroatoms. The second-order valence-corrected chi connectivity index (χ2v) is 3.64. The number of halogens is 1. The number of hydrogen-bond acceptors (Lipinski definition) is 1. The zero-order chi connectivity index (χ0) is 8.43. The number of rotatable bonds is 1. The topological polar surface area (TPSA) is 20.2 Å². The molecule has 0 unspecified atom stereocenters. The van der Waals surface area contributed by atoms with Gasteiger partial charge < -0.3 is 5.11 Å². The molecule has 0 atom stereocenters. The number of aliphatic hydroxyl groups excluding tert-OH is 1. The Bertz CT molecular complexity index is 214. The van der Waals surface area contributed by atoms with Gasteiger partial charge in [-0.15, -0.1) is 0 Å². The largest absolute Gasteiger partial charge is 0.508 e.